The number of amides is 1. The van der Waals surface area contributed by atoms with Gasteiger partial charge in [0, 0.05) is 11.6 Å². The Morgan fingerprint density at radius 3 is 3.06 bits per heavy atom. The zero-order chi connectivity index (χ0) is 11.3. The molecule has 0 aromatic heterocycles. The van der Waals surface area contributed by atoms with Gasteiger partial charge in [0.05, 0.1) is 6.61 Å². The van der Waals surface area contributed by atoms with Gasteiger partial charge in [-0.25, -0.2) is 0 Å². The highest BCUT2D eigenvalue weighted by atomic mass is 16.3. The maximum absolute atomic E-state index is 11.9. The van der Waals surface area contributed by atoms with Crippen molar-refractivity contribution in [3.8, 4) is 0 Å². The van der Waals surface area contributed by atoms with Gasteiger partial charge in [-0.1, -0.05) is 6.08 Å². The molecular weight excluding hydrogens is 202 g/mol. The Morgan fingerprint density at radius 1 is 1.50 bits per heavy atom. The van der Waals surface area contributed by atoms with E-state index in [4.69, 9.17) is 5.11 Å². The number of hydrogen-bond acceptors (Lipinski definition) is 2. The average Bonchev–Trinajstić information content (AvgIpc) is 2.74. The van der Waals surface area contributed by atoms with E-state index in [0.717, 1.165) is 17.6 Å². The minimum atomic E-state index is -0.200. The first kappa shape index (κ1) is 9.60. The molecule has 82 valence electrons. The summed E-state index contributed by atoms with van der Waals surface area (Å²) in [5.41, 5.74) is 5.76. The minimum absolute atomic E-state index is 0.0346. The molecule has 0 spiro atoms. The SMILES string of the molecule is C[C@@H](CO)NC(=O)C1=C2C=C3CC3=C2C=C1. The fourth-order valence-electron chi connectivity index (χ4n) is 2.18. The summed E-state index contributed by atoms with van der Waals surface area (Å²) in [4.78, 5) is 11.9. The lowest BCUT2D eigenvalue weighted by Crippen LogP contribution is -2.35. The van der Waals surface area contributed by atoms with Crippen molar-refractivity contribution in [3.05, 3.63) is 46.1 Å². The summed E-state index contributed by atoms with van der Waals surface area (Å²) in [5, 5.41) is 11.7. The molecule has 3 rings (SSSR count). The molecule has 0 aliphatic heterocycles. The van der Waals surface area contributed by atoms with Crippen LogP contribution in [0.4, 0.5) is 0 Å². The first-order chi connectivity index (χ1) is 7.70. The highest BCUT2D eigenvalue weighted by Crippen LogP contribution is 2.51. The smallest absolute Gasteiger partial charge is 0.252 e. The van der Waals surface area contributed by atoms with Crippen molar-refractivity contribution in [2.75, 3.05) is 6.61 Å². The molecule has 0 bridgehead atoms. The molecule has 3 nitrogen and oxygen atoms in total. The lowest BCUT2D eigenvalue weighted by atomic mass is 10.1. The van der Waals surface area contributed by atoms with Crippen molar-refractivity contribution in [1.82, 2.24) is 5.32 Å². The normalized spacial score (nSPS) is 22.0. The number of hydrogen-bond donors (Lipinski definition) is 2. The van der Waals surface area contributed by atoms with E-state index in [1.54, 1.807) is 6.92 Å². The predicted molar refractivity (Wildman–Crippen MR) is 60.6 cm³/mol. The van der Waals surface area contributed by atoms with Crippen molar-refractivity contribution in [2.45, 2.75) is 19.4 Å². The maximum Gasteiger partial charge on any atom is 0.252 e. The van der Waals surface area contributed by atoms with Crippen LogP contribution in [-0.4, -0.2) is 23.7 Å². The second-order valence-corrected chi connectivity index (χ2v) is 4.46. The molecule has 3 aliphatic carbocycles. The Hall–Kier alpha value is -1.61. The molecule has 3 aliphatic rings. The second-order valence-electron chi connectivity index (χ2n) is 4.46. The number of allylic oxidation sites excluding steroid dienone is 6. The minimum Gasteiger partial charge on any atom is -0.394 e. The van der Waals surface area contributed by atoms with Gasteiger partial charge in [0.1, 0.15) is 0 Å². The van der Waals surface area contributed by atoms with Crippen LogP contribution in [0.15, 0.2) is 46.1 Å². The molecule has 0 aromatic carbocycles. The monoisotopic (exact) mass is 215 g/mol. The Bertz CT molecular complexity index is 506. The molecule has 1 atom stereocenters. The van der Waals surface area contributed by atoms with Crippen molar-refractivity contribution in [1.29, 1.82) is 0 Å². The van der Waals surface area contributed by atoms with E-state index in [1.807, 2.05) is 12.2 Å². The standard InChI is InChI=1S/C13H13NO2/c1-7(6-15)14-13(16)10-3-2-9-11-4-8(11)5-12(9)10/h2-3,5,7,15H,4,6H2,1H3,(H,14,16)/t7-/m0/s1. The van der Waals surface area contributed by atoms with E-state index < -0.39 is 0 Å². The molecule has 1 fully saturated rings. The summed E-state index contributed by atoms with van der Waals surface area (Å²) in [6, 6.07) is -0.200. The van der Waals surface area contributed by atoms with Gasteiger partial charge in [-0.3, -0.25) is 4.79 Å². The first-order valence-corrected chi connectivity index (χ1v) is 5.49. The molecule has 0 aromatic rings. The van der Waals surface area contributed by atoms with Crippen molar-refractivity contribution in [3.63, 3.8) is 0 Å². The average molecular weight is 215 g/mol. The molecule has 1 amide bonds. The third kappa shape index (κ3) is 1.28. The van der Waals surface area contributed by atoms with E-state index in [-0.39, 0.29) is 18.6 Å². The largest absolute Gasteiger partial charge is 0.394 e. The van der Waals surface area contributed by atoms with Gasteiger partial charge in [-0.2, -0.15) is 0 Å². The fraction of sp³-hybridized carbons (Fsp3) is 0.308. The number of carbonyl (C=O) groups is 1. The van der Waals surface area contributed by atoms with Crippen LogP contribution in [0.25, 0.3) is 0 Å². The van der Waals surface area contributed by atoms with Gasteiger partial charge >= 0.3 is 0 Å². The molecule has 3 heteroatoms. The topological polar surface area (TPSA) is 49.3 Å². The van der Waals surface area contributed by atoms with Crippen LogP contribution in [0, 0.1) is 0 Å². The highest BCUT2D eigenvalue weighted by Gasteiger charge is 2.35. The molecule has 1 saturated carbocycles. The molecule has 16 heavy (non-hydrogen) atoms. The number of aliphatic hydroxyl groups excluding tert-OH is 1. The van der Waals surface area contributed by atoms with E-state index >= 15 is 0 Å². The van der Waals surface area contributed by atoms with E-state index in [1.165, 1.54) is 16.7 Å². The van der Waals surface area contributed by atoms with E-state index in [9.17, 15) is 4.79 Å². The molecule has 0 heterocycles. The van der Waals surface area contributed by atoms with Crippen LogP contribution >= 0.6 is 0 Å². The zero-order valence-electron chi connectivity index (χ0n) is 9.08. The second kappa shape index (κ2) is 3.19. The van der Waals surface area contributed by atoms with E-state index in [2.05, 4.69) is 11.4 Å². The molecule has 2 N–H and O–H groups in total. The zero-order valence-corrected chi connectivity index (χ0v) is 9.08. The highest BCUT2D eigenvalue weighted by molar-refractivity contribution is 6.01. The van der Waals surface area contributed by atoms with Gasteiger partial charge in [0.15, 0.2) is 0 Å². The van der Waals surface area contributed by atoms with Crippen LogP contribution in [0.5, 0.6) is 0 Å². The Kier molecular flexibility index (Phi) is 1.91. The fourth-order valence-corrected chi connectivity index (χ4v) is 2.18. The first-order valence-electron chi connectivity index (χ1n) is 5.49. The summed E-state index contributed by atoms with van der Waals surface area (Å²) in [5.74, 6) is -0.0958. The Balaban J connectivity index is 1.85. The van der Waals surface area contributed by atoms with Gasteiger partial charge in [0.25, 0.3) is 5.91 Å². The van der Waals surface area contributed by atoms with Crippen LogP contribution < -0.4 is 5.32 Å². The number of nitrogens with one attached hydrogen (secondary N) is 1. The summed E-state index contributed by atoms with van der Waals surface area (Å²) in [7, 11) is 0. The predicted octanol–water partition coefficient (Wildman–Crippen LogP) is 0.990. The number of aliphatic hydroxyl groups is 1. The van der Waals surface area contributed by atoms with Gasteiger partial charge in [0.2, 0.25) is 0 Å². The Morgan fingerprint density at radius 2 is 2.31 bits per heavy atom. The molecule has 0 radical (unpaired) electrons. The maximum atomic E-state index is 11.9. The summed E-state index contributed by atoms with van der Waals surface area (Å²) in [6.07, 6.45) is 7.07. The van der Waals surface area contributed by atoms with Crippen LogP contribution in [0.3, 0.4) is 0 Å². The van der Waals surface area contributed by atoms with Crippen molar-refractivity contribution in [2.24, 2.45) is 0 Å². The summed E-state index contributed by atoms with van der Waals surface area (Å²) >= 11 is 0. The number of fused-ring (bicyclic) bond motifs is 2. The number of carbonyl (C=O) groups excluding carboxylic acids is 1. The lowest BCUT2D eigenvalue weighted by molar-refractivity contribution is -0.118. The molecule has 0 unspecified atom stereocenters. The summed E-state index contributed by atoms with van der Waals surface area (Å²) < 4.78 is 0. The van der Waals surface area contributed by atoms with Crippen LogP contribution in [0.2, 0.25) is 0 Å². The summed E-state index contributed by atoms with van der Waals surface area (Å²) in [6.45, 7) is 1.75. The van der Waals surface area contributed by atoms with Crippen molar-refractivity contribution >= 4 is 5.91 Å². The van der Waals surface area contributed by atoms with Crippen molar-refractivity contribution < 1.29 is 9.90 Å². The third-order valence-corrected chi connectivity index (χ3v) is 3.17. The van der Waals surface area contributed by atoms with Gasteiger partial charge in [-0.05, 0) is 47.8 Å². The third-order valence-electron chi connectivity index (χ3n) is 3.17. The number of rotatable bonds is 3. The van der Waals surface area contributed by atoms with Crippen LogP contribution in [-0.2, 0) is 4.79 Å². The van der Waals surface area contributed by atoms with Gasteiger partial charge in [-0.15, -0.1) is 0 Å². The van der Waals surface area contributed by atoms with Crippen LogP contribution in [0.1, 0.15) is 13.3 Å². The molecular formula is C13H13NO2. The lowest BCUT2D eigenvalue weighted by Gasteiger charge is -2.11. The Labute approximate surface area is 93.8 Å². The van der Waals surface area contributed by atoms with Gasteiger partial charge < -0.3 is 10.4 Å². The quantitative estimate of drug-likeness (QED) is 0.737. The molecule has 0 saturated heterocycles. The van der Waals surface area contributed by atoms with E-state index in [0.29, 0.717) is 0 Å².